The molecule has 8 nitrogen and oxygen atoms in total. The molecule has 1 aliphatic heterocycles. The first kappa shape index (κ1) is 52.5. The average molecular weight is 897 g/mol. The Balaban J connectivity index is 0.000000268. The SMILES string of the molecule is CC1=Nc2ccccc2N=C(C)/C=C(/C)[N-]c2ccccc2[N-]/C(C)=C\1.COCCOC.COCCOC.[Mn+3].c1ccc([B-](c2ccccc2)(c2ccccc2)c2ccccc2)cc1. The number of benzene rings is 6. The molecular formula is C54H62BMnN4O4. The van der Waals surface area contributed by atoms with E-state index in [0.717, 1.165) is 45.6 Å². The van der Waals surface area contributed by atoms with Crippen molar-refractivity contribution in [2.45, 2.75) is 27.7 Å². The average Bonchev–Trinajstić information content (AvgIpc) is 3.31. The van der Waals surface area contributed by atoms with Crippen LogP contribution >= 0.6 is 0 Å². The van der Waals surface area contributed by atoms with Crippen molar-refractivity contribution in [3.05, 3.63) is 204 Å². The topological polar surface area (TPSA) is 89.8 Å². The molecule has 7 rings (SSSR count). The number of aliphatic imine (C=N–C) groups is 2. The Kier molecular flexibility index (Phi) is 24.2. The molecule has 6 aromatic carbocycles. The summed E-state index contributed by atoms with van der Waals surface area (Å²) in [5.74, 6) is 0. The fraction of sp³-hybridized carbons (Fsp3) is 0.222. The van der Waals surface area contributed by atoms with Crippen LogP contribution in [-0.4, -0.2) is 72.4 Å². The van der Waals surface area contributed by atoms with E-state index in [1.54, 1.807) is 28.4 Å². The third-order valence-corrected chi connectivity index (χ3v) is 9.97. The minimum atomic E-state index is -1.22. The molecule has 0 aliphatic carbocycles. The van der Waals surface area contributed by atoms with Crippen LogP contribution in [-0.2, 0) is 36.0 Å². The van der Waals surface area contributed by atoms with Crippen molar-refractivity contribution >= 4 is 62.2 Å². The van der Waals surface area contributed by atoms with Crippen LogP contribution in [0.25, 0.3) is 10.6 Å². The number of fused-ring (bicyclic) bond motifs is 2. The van der Waals surface area contributed by atoms with E-state index in [4.69, 9.17) is 20.6 Å². The van der Waals surface area contributed by atoms with E-state index in [1.165, 1.54) is 21.9 Å². The molecule has 6 aromatic rings. The zero-order chi connectivity index (χ0) is 45.1. The van der Waals surface area contributed by atoms with Crippen LogP contribution in [0.3, 0.4) is 0 Å². The van der Waals surface area contributed by atoms with Crippen LogP contribution in [0.5, 0.6) is 0 Å². The van der Waals surface area contributed by atoms with Crippen LogP contribution in [0.15, 0.2) is 203 Å². The second kappa shape index (κ2) is 29.5. The second-order valence-electron chi connectivity index (χ2n) is 14.8. The van der Waals surface area contributed by atoms with Gasteiger partial charge in [-0.15, -0.1) is 0 Å². The molecule has 0 atom stereocenters. The van der Waals surface area contributed by atoms with Crippen molar-refractivity contribution in [1.29, 1.82) is 0 Å². The minimum absolute atomic E-state index is 0. The molecule has 10 heteroatoms. The Morgan fingerprint density at radius 1 is 0.375 bits per heavy atom. The molecule has 0 amide bonds. The quantitative estimate of drug-likeness (QED) is 0.101. The third-order valence-electron chi connectivity index (χ3n) is 9.97. The second-order valence-corrected chi connectivity index (χ2v) is 14.8. The van der Waals surface area contributed by atoms with Crippen molar-refractivity contribution in [1.82, 2.24) is 0 Å². The van der Waals surface area contributed by atoms with Crippen LogP contribution < -0.4 is 21.9 Å². The van der Waals surface area contributed by atoms with Gasteiger partial charge in [-0.1, -0.05) is 184 Å². The first-order valence-electron chi connectivity index (χ1n) is 21.2. The van der Waals surface area contributed by atoms with Gasteiger partial charge in [0.2, 0.25) is 0 Å². The van der Waals surface area contributed by atoms with E-state index in [1.807, 2.05) is 88.4 Å². The Hall–Kier alpha value is -5.84. The molecule has 0 N–H and O–H groups in total. The van der Waals surface area contributed by atoms with E-state index < -0.39 is 6.15 Å². The van der Waals surface area contributed by atoms with Crippen molar-refractivity contribution in [2.24, 2.45) is 9.98 Å². The number of para-hydroxylation sites is 4. The molecule has 332 valence electrons. The largest absolute Gasteiger partial charge is 3.00 e. The Morgan fingerprint density at radius 2 is 0.625 bits per heavy atom. The zero-order valence-electron chi connectivity index (χ0n) is 38.5. The summed E-state index contributed by atoms with van der Waals surface area (Å²) in [4.78, 5) is 9.43. The number of nitrogens with zero attached hydrogens (tertiary/aromatic N) is 4. The van der Waals surface area contributed by atoms with Gasteiger partial charge < -0.3 is 29.6 Å². The van der Waals surface area contributed by atoms with Gasteiger partial charge in [-0.2, -0.15) is 44.6 Å². The molecule has 0 aromatic heterocycles. The fourth-order valence-corrected chi connectivity index (χ4v) is 7.26. The Labute approximate surface area is 393 Å². The summed E-state index contributed by atoms with van der Waals surface area (Å²) in [5.41, 5.74) is 12.2. The van der Waals surface area contributed by atoms with Gasteiger partial charge in [-0.05, 0) is 26.0 Å². The maximum absolute atomic E-state index is 4.72. The molecule has 0 bridgehead atoms. The monoisotopic (exact) mass is 896 g/mol. The van der Waals surface area contributed by atoms with Gasteiger partial charge in [0.15, 0.2) is 0 Å². The zero-order valence-corrected chi connectivity index (χ0v) is 39.7. The Morgan fingerprint density at radius 3 is 0.891 bits per heavy atom. The summed E-state index contributed by atoms with van der Waals surface area (Å²) in [6.07, 6.45) is 2.73. The van der Waals surface area contributed by atoms with Gasteiger partial charge in [0.05, 0.1) is 37.8 Å². The first-order valence-corrected chi connectivity index (χ1v) is 21.2. The number of allylic oxidation sites excluding steroid dienone is 4. The van der Waals surface area contributed by atoms with Crippen molar-refractivity contribution in [2.75, 3.05) is 54.9 Å². The summed E-state index contributed by atoms with van der Waals surface area (Å²) in [7, 11) is 6.61. The molecular weight excluding hydrogens is 834 g/mol. The molecule has 0 saturated carbocycles. The van der Waals surface area contributed by atoms with Gasteiger partial charge in [-0.25, -0.2) is 0 Å². The summed E-state index contributed by atoms with van der Waals surface area (Å²) in [5, 5.41) is 9.43. The predicted molar refractivity (Wildman–Crippen MR) is 270 cm³/mol. The van der Waals surface area contributed by atoms with Crippen LogP contribution in [0.2, 0.25) is 0 Å². The predicted octanol–water partition coefficient (Wildman–Crippen LogP) is 11.0. The van der Waals surface area contributed by atoms with Crippen LogP contribution in [0, 0.1) is 0 Å². The number of hydrogen-bond acceptors (Lipinski definition) is 6. The van der Waals surface area contributed by atoms with Crippen molar-refractivity contribution < 1.29 is 36.0 Å². The number of rotatable bonds is 10. The maximum Gasteiger partial charge on any atom is 3.00 e. The number of ether oxygens (including phenoxy) is 4. The van der Waals surface area contributed by atoms with Gasteiger partial charge in [0.1, 0.15) is 6.15 Å². The van der Waals surface area contributed by atoms with E-state index in [0.29, 0.717) is 26.4 Å². The van der Waals surface area contributed by atoms with Crippen molar-refractivity contribution in [3.63, 3.8) is 0 Å². The third kappa shape index (κ3) is 16.4. The van der Waals surface area contributed by atoms with E-state index in [2.05, 4.69) is 140 Å². The van der Waals surface area contributed by atoms with E-state index in [-0.39, 0.29) is 17.1 Å². The molecule has 0 spiro atoms. The molecule has 0 radical (unpaired) electrons. The van der Waals surface area contributed by atoms with Crippen molar-refractivity contribution in [3.8, 4) is 0 Å². The molecule has 0 unspecified atom stereocenters. The number of hydrogen-bond donors (Lipinski definition) is 0. The van der Waals surface area contributed by atoms with Gasteiger partial charge in [-0.3, -0.25) is 9.98 Å². The van der Waals surface area contributed by atoms with Gasteiger partial charge in [0, 0.05) is 39.9 Å². The molecule has 64 heavy (non-hydrogen) atoms. The maximum atomic E-state index is 4.72. The van der Waals surface area contributed by atoms with Crippen LogP contribution in [0.1, 0.15) is 27.7 Å². The first-order chi connectivity index (χ1) is 30.8. The summed E-state index contributed by atoms with van der Waals surface area (Å²) in [6, 6.07) is 59.3. The smallest absolute Gasteiger partial charge is 0.662 e. The fourth-order valence-electron chi connectivity index (χ4n) is 7.26. The van der Waals surface area contributed by atoms with Gasteiger partial charge in [0.25, 0.3) is 0 Å². The molecule has 0 saturated heterocycles. The normalized spacial score (nSPS) is 13.8. The van der Waals surface area contributed by atoms with E-state index in [9.17, 15) is 0 Å². The van der Waals surface area contributed by atoms with Crippen LogP contribution in [0.4, 0.5) is 22.7 Å². The summed E-state index contributed by atoms with van der Waals surface area (Å²) >= 11 is 0. The van der Waals surface area contributed by atoms with E-state index >= 15 is 0 Å². The van der Waals surface area contributed by atoms with Gasteiger partial charge >= 0.3 is 17.1 Å². The number of methoxy groups -OCH3 is 4. The Bertz CT molecular complexity index is 2090. The molecule has 1 heterocycles. The molecule has 1 aliphatic rings. The standard InChI is InChI=1S/C24H20B.C22H22N4.2C4H10O2.Mn/c1-5-13-21(14-6-1)25(22-15-7-2-8-16-22,23-17-9-3-10-18-23)24-19-11-4-12-20-24;1-15-13-16(2)24-21-11-7-8-12-22(21)26-18(4)14-17(3)25-20-10-6-5-9-19(20)23-15;2*1-5-3-4-6-2;/h1-20H;5-14H,1-4H3;2*3-4H2,1-2H3;/q-1;-2;;;+3/b;15-13-,17-14-,24-16?,26-18?;;;. The minimum Gasteiger partial charge on any atom is -0.662 e. The molecule has 0 fully saturated rings. The summed E-state index contributed by atoms with van der Waals surface area (Å²) in [6.45, 7) is 10.6. The summed E-state index contributed by atoms with van der Waals surface area (Å²) < 4.78 is 18.6.